The topological polar surface area (TPSA) is 192 Å². The van der Waals surface area contributed by atoms with Crippen molar-refractivity contribution >= 4 is 13.8 Å². The van der Waals surface area contributed by atoms with Gasteiger partial charge in [0, 0.05) is 13.0 Å². The molecule has 0 amide bonds. The van der Waals surface area contributed by atoms with E-state index in [4.69, 9.17) is 18.5 Å². The summed E-state index contributed by atoms with van der Waals surface area (Å²) in [4.78, 5) is 23.2. The van der Waals surface area contributed by atoms with Crippen molar-refractivity contribution in [3.63, 3.8) is 0 Å². The number of hydrogen-bond donors (Lipinski definition) is 6. The zero-order chi connectivity index (χ0) is 48.4. The van der Waals surface area contributed by atoms with E-state index in [1.54, 1.807) is 0 Å². The molecule has 1 aliphatic carbocycles. The van der Waals surface area contributed by atoms with Crippen molar-refractivity contribution < 1.29 is 58.3 Å². The van der Waals surface area contributed by atoms with Crippen LogP contribution in [-0.4, -0.2) is 98.9 Å². The molecule has 0 aliphatic heterocycles. The molecule has 1 rings (SSSR count). The van der Waals surface area contributed by atoms with Crippen LogP contribution in [-0.2, 0) is 27.9 Å². The number of rotatable bonds is 43. The van der Waals surface area contributed by atoms with E-state index in [0.29, 0.717) is 19.4 Å². The van der Waals surface area contributed by atoms with Gasteiger partial charge in [-0.15, -0.1) is 0 Å². The van der Waals surface area contributed by atoms with Gasteiger partial charge < -0.3 is 39.9 Å². The summed E-state index contributed by atoms with van der Waals surface area (Å²) in [5.41, 5.74) is 0. The molecule has 0 aromatic rings. The third kappa shape index (κ3) is 34.1. The lowest BCUT2D eigenvalue weighted by Crippen LogP contribution is -2.64. The maximum absolute atomic E-state index is 12.8. The standard InChI is InChI=1S/C53H93O12P/c1-3-5-7-9-11-13-15-17-19-21-22-23-24-25-27-29-31-33-35-37-39-41-43-62-44-46(45-63-66(60,61)65-53-51(58)49(56)48(55)50(57)52(53)59)64-47(54)42-40-38-36-34-32-30-28-26-20-18-16-14-12-10-8-6-4-2/h6,8,12,14,18,20-22,28,30,34,36,46,48-53,55-59H,3-5,7,9-11,13,15-17,19,23-27,29,31-33,35,37-45H2,1-2H3,(H,60,61)/b8-6-,14-12-,20-18-,22-21-,30-28-,36-34-. The third-order valence-electron chi connectivity index (χ3n) is 11.6. The van der Waals surface area contributed by atoms with Gasteiger partial charge >= 0.3 is 13.8 Å². The predicted molar refractivity (Wildman–Crippen MR) is 267 cm³/mol. The zero-order valence-corrected chi connectivity index (χ0v) is 41.9. The Bertz CT molecular complexity index is 1360. The summed E-state index contributed by atoms with van der Waals surface area (Å²) in [6.45, 7) is 4.09. The molecule has 382 valence electrons. The van der Waals surface area contributed by atoms with Gasteiger partial charge in [-0.05, 0) is 77.0 Å². The zero-order valence-electron chi connectivity index (χ0n) is 41.0. The second-order valence-corrected chi connectivity index (χ2v) is 19.0. The number of carbonyl (C=O) groups excluding carboxylic acids is 1. The predicted octanol–water partition coefficient (Wildman–Crippen LogP) is 11.5. The molecule has 6 atom stereocenters. The summed E-state index contributed by atoms with van der Waals surface area (Å²) in [5.74, 6) is -0.534. The Morgan fingerprint density at radius 1 is 0.500 bits per heavy atom. The number of carbonyl (C=O) groups is 1. The molecule has 0 radical (unpaired) electrons. The molecule has 0 heterocycles. The SMILES string of the molecule is CC/C=C\C/C=C\C/C=C\C/C=C\C/C=C\CCCC(=O)OC(COCCCCCCCCCCCC/C=C\CCCCCCCCCC)COP(=O)(O)OC1C(O)C(O)C(O)C(O)C1O. The van der Waals surface area contributed by atoms with Crippen LogP contribution in [0.25, 0.3) is 0 Å². The van der Waals surface area contributed by atoms with Gasteiger partial charge in [-0.1, -0.05) is 183 Å². The van der Waals surface area contributed by atoms with Crippen molar-refractivity contribution in [1.82, 2.24) is 0 Å². The van der Waals surface area contributed by atoms with Crippen LogP contribution in [0.1, 0.15) is 194 Å². The lowest BCUT2D eigenvalue weighted by Gasteiger charge is -2.41. The lowest BCUT2D eigenvalue weighted by atomic mass is 9.85. The highest BCUT2D eigenvalue weighted by atomic mass is 31.2. The van der Waals surface area contributed by atoms with Crippen molar-refractivity contribution in [2.75, 3.05) is 19.8 Å². The summed E-state index contributed by atoms with van der Waals surface area (Å²) in [5, 5.41) is 50.3. The largest absolute Gasteiger partial charge is 0.472 e. The van der Waals surface area contributed by atoms with Gasteiger partial charge in [-0.2, -0.15) is 0 Å². The first-order valence-corrected chi connectivity index (χ1v) is 27.3. The first kappa shape index (κ1) is 61.8. The van der Waals surface area contributed by atoms with Gasteiger partial charge in [-0.25, -0.2) is 4.57 Å². The fraction of sp³-hybridized carbons (Fsp3) is 0.755. The van der Waals surface area contributed by atoms with Gasteiger partial charge in [-0.3, -0.25) is 13.8 Å². The molecule has 1 fully saturated rings. The fourth-order valence-electron chi connectivity index (χ4n) is 7.50. The van der Waals surface area contributed by atoms with Gasteiger partial charge in [0.05, 0.1) is 13.2 Å². The minimum Gasteiger partial charge on any atom is -0.457 e. The van der Waals surface area contributed by atoms with E-state index in [9.17, 15) is 39.8 Å². The molecule has 0 spiro atoms. The van der Waals surface area contributed by atoms with Crippen LogP contribution in [0.15, 0.2) is 72.9 Å². The molecule has 6 unspecified atom stereocenters. The molecule has 13 heteroatoms. The number of aliphatic hydroxyl groups excluding tert-OH is 5. The molecular formula is C53H93O12P. The molecule has 0 saturated heterocycles. The van der Waals surface area contributed by atoms with Crippen LogP contribution in [0.4, 0.5) is 0 Å². The number of phosphoric acid groups is 1. The Kier molecular flexibility index (Phi) is 40.1. The summed E-state index contributed by atoms with van der Waals surface area (Å²) in [6.07, 6.45) is 44.1. The van der Waals surface area contributed by atoms with Crippen LogP contribution in [0, 0.1) is 0 Å². The van der Waals surface area contributed by atoms with Crippen LogP contribution in [0.3, 0.4) is 0 Å². The Balaban J connectivity index is 2.37. The monoisotopic (exact) mass is 953 g/mol. The quantitative estimate of drug-likeness (QED) is 0.0147. The van der Waals surface area contributed by atoms with Gasteiger partial charge in [0.25, 0.3) is 0 Å². The Hall–Kier alpha value is -2.22. The number of ether oxygens (including phenoxy) is 2. The van der Waals surface area contributed by atoms with E-state index in [-0.39, 0.29) is 13.0 Å². The Labute approximate surface area is 400 Å². The molecule has 12 nitrogen and oxygen atoms in total. The minimum atomic E-state index is -5.04. The van der Waals surface area contributed by atoms with Gasteiger partial charge in [0.15, 0.2) is 0 Å². The highest BCUT2D eigenvalue weighted by molar-refractivity contribution is 7.47. The molecule has 6 N–H and O–H groups in total. The van der Waals surface area contributed by atoms with E-state index in [2.05, 4.69) is 74.6 Å². The van der Waals surface area contributed by atoms with Crippen LogP contribution in [0.5, 0.6) is 0 Å². The average molecular weight is 953 g/mol. The van der Waals surface area contributed by atoms with Gasteiger partial charge in [0.1, 0.15) is 42.7 Å². The molecule has 1 aliphatic rings. The molecule has 0 aromatic heterocycles. The normalized spacial score (nSPS) is 22.0. The number of aliphatic hydroxyl groups is 5. The molecule has 0 aromatic carbocycles. The van der Waals surface area contributed by atoms with Crippen LogP contribution in [0.2, 0.25) is 0 Å². The number of esters is 1. The molecule has 66 heavy (non-hydrogen) atoms. The smallest absolute Gasteiger partial charge is 0.457 e. The maximum Gasteiger partial charge on any atom is 0.472 e. The van der Waals surface area contributed by atoms with Gasteiger partial charge in [0.2, 0.25) is 0 Å². The van der Waals surface area contributed by atoms with Crippen LogP contribution < -0.4 is 0 Å². The molecule has 1 saturated carbocycles. The fourth-order valence-corrected chi connectivity index (χ4v) is 8.48. The molecular weight excluding hydrogens is 860 g/mol. The highest BCUT2D eigenvalue weighted by Crippen LogP contribution is 2.47. The maximum atomic E-state index is 12.8. The summed E-state index contributed by atoms with van der Waals surface area (Å²) in [7, 11) is -5.04. The third-order valence-corrected chi connectivity index (χ3v) is 12.5. The number of phosphoric ester groups is 1. The van der Waals surface area contributed by atoms with E-state index in [1.807, 2.05) is 12.2 Å². The summed E-state index contributed by atoms with van der Waals surface area (Å²) in [6, 6.07) is 0. The summed E-state index contributed by atoms with van der Waals surface area (Å²) >= 11 is 0. The van der Waals surface area contributed by atoms with E-state index in [0.717, 1.165) is 51.4 Å². The Morgan fingerprint density at radius 3 is 1.38 bits per heavy atom. The van der Waals surface area contributed by atoms with E-state index >= 15 is 0 Å². The van der Waals surface area contributed by atoms with Crippen molar-refractivity contribution in [2.24, 2.45) is 0 Å². The number of hydrogen-bond acceptors (Lipinski definition) is 11. The first-order valence-electron chi connectivity index (χ1n) is 25.8. The van der Waals surface area contributed by atoms with E-state index in [1.165, 1.54) is 109 Å². The van der Waals surface area contributed by atoms with Crippen molar-refractivity contribution in [3.8, 4) is 0 Å². The number of allylic oxidation sites excluding steroid dienone is 12. The average Bonchev–Trinajstić information content (AvgIpc) is 3.30. The van der Waals surface area contributed by atoms with Crippen molar-refractivity contribution in [2.45, 2.75) is 236 Å². The van der Waals surface area contributed by atoms with Crippen LogP contribution >= 0.6 is 7.82 Å². The minimum absolute atomic E-state index is 0.103. The second kappa shape index (κ2) is 42.8. The highest BCUT2D eigenvalue weighted by Gasteiger charge is 2.51. The lowest BCUT2D eigenvalue weighted by molar-refractivity contribution is -0.220. The molecule has 0 bridgehead atoms. The van der Waals surface area contributed by atoms with Crippen molar-refractivity contribution in [3.05, 3.63) is 72.9 Å². The summed E-state index contributed by atoms with van der Waals surface area (Å²) < 4.78 is 34.2. The Morgan fingerprint density at radius 2 is 0.894 bits per heavy atom. The number of unbranched alkanes of at least 4 members (excludes halogenated alkanes) is 19. The first-order chi connectivity index (χ1) is 32.0. The second-order valence-electron chi connectivity index (χ2n) is 17.6. The van der Waals surface area contributed by atoms with E-state index < -0.39 is 63.1 Å². The van der Waals surface area contributed by atoms with Crippen molar-refractivity contribution in [1.29, 1.82) is 0 Å².